The molecule has 0 spiro atoms. The second kappa shape index (κ2) is 5.61. The summed E-state index contributed by atoms with van der Waals surface area (Å²) in [4.78, 5) is 14.4. The van der Waals surface area contributed by atoms with Crippen LogP contribution in [0.2, 0.25) is 0 Å². The Hall–Kier alpha value is -1.22. The van der Waals surface area contributed by atoms with E-state index < -0.39 is 0 Å². The Morgan fingerprint density at radius 1 is 1.56 bits per heavy atom. The zero-order chi connectivity index (χ0) is 13.1. The highest BCUT2D eigenvalue weighted by molar-refractivity contribution is 6.17. The number of phenolic OH excluding ortho intramolecular Hbond substituents is 1. The predicted octanol–water partition coefficient (Wildman–Crippen LogP) is 2.93. The van der Waals surface area contributed by atoms with Gasteiger partial charge in [0.1, 0.15) is 5.75 Å². The number of phenols is 1. The Balaban J connectivity index is 2.20. The molecule has 0 aromatic heterocycles. The minimum absolute atomic E-state index is 0.0557. The van der Waals surface area contributed by atoms with Crippen molar-refractivity contribution in [1.82, 2.24) is 4.90 Å². The highest BCUT2D eigenvalue weighted by Crippen LogP contribution is 2.25. The third kappa shape index (κ3) is 2.61. The van der Waals surface area contributed by atoms with E-state index in [1.165, 1.54) is 0 Å². The van der Waals surface area contributed by atoms with Gasteiger partial charge < -0.3 is 10.0 Å². The summed E-state index contributed by atoms with van der Waals surface area (Å²) in [5, 5.41) is 9.38. The molecule has 1 aromatic rings. The Bertz CT molecular complexity index is 447. The highest BCUT2D eigenvalue weighted by atomic mass is 35.5. The summed E-state index contributed by atoms with van der Waals surface area (Å²) < 4.78 is 0. The fraction of sp³-hybridized carbons (Fsp3) is 0.500. The molecule has 0 saturated carbocycles. The van der Waals surface area contributed by atoms with E-state index >= 15 is 0 Å². The molecular formula is C14H18ClNO2. The molecule has 1 amide bonds. The molecule has 1 aliphatic rings. The van der Waals surface area contributed by atoms with Crippen LogP contribution in [0, 0.1) is 6.92 Å². The Kier molecular flexibility index (Phi) is 4.12. The number of nitrogens with zero attached hydrogens (tertiary/aromatic N) is 1. The molecule has 1 aliphatic heterocycles. The summed E-state index contributed by atoms with van der Waals surface area (Å²) in [6.07, 6.45) is 2.93. The van der Waals surface area contributed by atoms with E-state index in [1.54, 1.807) is 18.2 Å². The lowest BCUT2D eigenvalue weighted by atomic mass is 10.1. The molecule has 0 bridgehead atoms. The lowest BCUT2D eigenvalue weighted by Gasteiger charge is -2.25. The second-order valence-electron chi connectivity index (χ2n) is 4.77. The smallest absolute Gasteiger partial charge is 0.254 e. The quantitative estimate of drug-likeness (QED) is 0.856. The Labute approximate surface area is 112 Å². The fourth-order valence-electron chi connectivity index (χ4n) is 2.57. The van der Waals surface area contributed by atoms with Crippen molar-refractivity contribution in [2.75, 3.05) is 12.4 Å². The number of carbonyl (C=O) groups is 1. The van der Waals surface area contributed by atoms with Gasteiger partial charge in [0, 0.05) is 24.0 Å². The minimum Gasteiger partial charge on any atom is -0.508 e. The van der Waals surface area contributed by atoms with E-state index in [0.29, 0.717) is 11.4 Å². The molecule has 1 heterocycles. The maximum atomic E-state index is 12.5. The van der Waals surface area contributed by atoms with Crippen LogP contribution in [0.4, 0.5) is 0 Å². The SMILES string of the molecule is Cc1cc(O)ccc1C(=O)N1CCCC1CCCl. The van der Waals surface area contributed by atoms with Gasteiger partial charge in [-0.1, -0.05) is 0 Å². The van der Waals surface area contributed by atoms with Crippen LogP contribution in [0.1, 0.15) is 35.2 Å². The molecule has 0 aliphatic carbocycles. The van der Waals surface area contributed by atoms with Gasteiger partial charge in [0.2, 0.25) is 0 Å². The van der Waals surface area contributed by atoms with Crippen molar-refractivity contribution >= 4 is 17.5 Å². The first kappa shape index (κ1) is 13.2. The van der Waals surface area contributed by atoms with Crippen molar-refractivity contribution in [2.45, 2.75) is 32.2 Å². The molecule has 4 heteroatoms. The topological polar surface area (TPSA) is 40.5 Å². The van der Waals surface area contributed by atoms with Gasteiger partial charge in [0.05, 0.1) is 0 Å². The zero-order valence-corrected chi connectivity index (χ0v) is 11.3. The Morgan fingerprint density at radius 3 is 3.00 bits per heavy atom. The van der Waals surface area contributed by atoms with Crippen LogP contribution in [0.25, 0.3) is 0 Å². The first-order chi connectivity index (χ1) is 8.63. The number of amides is 1. The number of carbonyl (C=O) groups excluding carboxylic acids is 1. The van der Waals surface area contributed by atoms with E-state index in [4.69, 9.17) is 11.6 Å². The van der Waals surface area contributed by atoms with Crippen molar-refractivity contribution in [2.24, 2.45) is 0 Å². The number of alkyl halides is 1. The lowest BCUT2D eigenvalue weighted by molar-refractivity contribution is 0.0733. The molecule has 0 radical (unpaired) electrons. The lowest BCUT2D eigenvalue weighted by Crippen LogP contribution is -2.36. The zero-order valence-electron chi connectivity index (χ0n) is 10.5. The van der Waals surface area contributed by atoms with Gasteiger partial charge in [0.25, 0.3) is 5.91 Å². The average molecular weight is 268 g/mol. The normalized spacial score (nSPS) is 19.2. The molecule has 1 saturated heterocycles. The number of likely N-dealkylation sites (tertiary alicyclic amines) is 1. The van der Waals surface area contributed by atoms with Gasteiger partial charge in [-0.25, -0.2) is 0 Å². The standard InChI is InChI=1S/C14H18ClNO2/c1-10-9-12(17)4-5-13(10)14(18)16-8-2-3-11(16)6-7-15/h4-5,9,11,17H,2-3,6-8H2,1H3. The van der Waals surface area contributed by atoms with E-state index in [2.05, 4.69) is 0 Å². The molecule has 1 fully saturated rings. The summed E-state index contributed by atoms with van der Waals surface area (Å²) in [6.45, 7) is 2.65. The van der Waals surface area contributed by atoms with Crippen LogP contribution in [0.15, 0.2) is 18.2 Å². The maximum absolute atomic E-state index is 12.5. The molecule has 1 unspecified atom stereocenters. The van der Waals surface area contributed by atoms with E-state index in [-0.39, 0.29) is 17.7 Å². The van der Waals surface area contributed by atoms with Crippen molar-refractivity contribution in [1.29, 1.82) is 0 Å². The van der Waals surface area contributed by atoms with E-state index in [9.17, 15) is 9.90 Å². The largest absolute Gasteiger partial charge is 0.508 e. The first-order valence-corrected chi connectivity index (χ1v) is 6.83. The van der Waals surface area contributed by atoms with Gasteiger partial charge in [-0.15, -0.1) is 11.6 Å². The summed E-state index contributed by atoms with van der Waals surface area (Å²) in [6, 6.07) is 5.15. The molecule has 18 heavy (non-hydrogen) atoms. The van der Waals surface area contributed by atoms with Crippen LogP contribution < -0.4 is 0 Å². The van der Waals surface area contributed by atoms with Gasteiger partial charge in [-0.2, -0.15) is 0 Å². The van der Waals surface area contributed by atoms with Gasteiger partial charge in [-0.05, 0) is 49.9 Å². The van der Waals surface area contributed by atoms with Crippen LogP contribution in [0.5, 0.6) is 5.75 Å². The molecule has 1 aromatic carbocycles. The van der Waals surface area contributed by atoms with Crippen LogP contribution in [0.3, 0.4) is 0 Å². The van der Waals surface area contributed by atoms with E-state index in [1.807, 2.05) is 11.8 Å². The number of halogens is 1. The fourth-order valence-corrected chi connectivity index (χ4v) is 2.82. The molecule has 3 nitrogen and oxygen atoms in total. The van der Waals surface area contributed by atoms with Crippen molar-refractivity contribution in [3.63, 3.8) is 0 Å². The molecule has 2 rings (SSSR count). The highest BCUT2D eigenvalue weighted by Gasteiger charge is 2.29. The number of hydrogen-bond acceptors (Lipinski definition) is 2. The number of rotatable bonds is 3. The average Bonchev–Trinajstić information content (AvgIpc) is 2.77. The van der Waals surface area contributed by atoms with Crippen LogP contribution >= 0.6 is 11.6 Å². The van der Waals surface area contributed by atoms with Crippen molar-refractivity contribution < 1.29 is 9.90 Å². The van der Waals surface area contributed by atoms with E-state index in [0.717, 1.165) is 31.4 Å². The molecule has 1 N–H and O–H groups in total. The third-order valence-electron chi connectivity index (χ3n) is 3.52. The summed E-state index contributed by atoms with van der Waals surface area (Å²) in [5.41, 5.74) is 1.49. The third-order valence-corrected chi connectivity index (χ3v) is 3.74. The molecule has 98 valence electrons. The first-order valence-electron chi connectivity index (χ1n) is 6.30. The van der Waals surface area contributed by atoms with Crippen molar-refractivity contribution in [3.8, 4) is 5.75 Å². The summed E-state index contributed by atoms with van der Waals surface area (Å²) in [5.74, 6) is 0.839. The monoisotopic (exact) mass is 267 g/mol. The maximum Gasteiger partial charge on any atom is 0.254 e. The predicted molar refractivity (Wildman–Crippen MR) is 72.2 cm³/mol. The number of hydrogen-bond donors (Lipinski definition) is 1. The van der Waals surface area contributed by atoms with Gasteiger partial charge >= 0.3 is 0 Å². The molecular weight excluding hydrogens is 250 g/mol. The summed E-state index contributed by atoms with van der Waals surface area (Å²) in [7, 11) is 0. The Morgan fingerprint density at radius 2 is 2.33 bits per heavy atom. The van der Waals surface area contributed by atoms with Crippen LogP contribution in [-0.2, 0) is 0 Å². The minimum atomic E-state index is 0.0557. The van der Waals surface area contributed by atoms with Crippen molar-refractivity contribution in [3.05, 3.63) is 29.3 Å². The summed E-state index contributed by atoms with van der Waals surface area (Å²) >= 11 is 5.78. The number of aromatic hydroxyl groups is 1. The second-order valence-corrected chi connectivity index (χ2v) is 5.15. The van der Waals surface area contributed by atoms with Crippen LogP contribution in [-0.4, -0.2) is 34.4 Å². The van der Waals surface area contributed by atoms with Gasteiger partial charge in [0.15, 0.2) is 0 Å². The number of benzene rings is 1. The van der Waals surface area contributed by atoms with Gasteiger partial charge in [-0.3, -0.25) is 4.79 Å². The molecule has 1 atom stereocenters. The number of aryl methyl sites for hydroxylation is 1.